The number of non-ortho nitro benzene ring substituents is 1. The summed E-state index contributed by atoms with van der Waals surface area (Å²) < 4.78 is 265. The molecule has 4 fully saturated rings. The molecule has 4 aliphatic rings. The van der Waals surface area contributed by atoms with Crippen LogP contribution in [-0.2, 0) is 54.9 Å². The molecule has 0 saturated heterocycles. The van der Waals surface area contributed by atoms with Crippen LogP contribution in [0.1, 0.15) is 71.9 Å². The van der Waals surface area contributed by atoms with E-state index in [1.165, 1.54) is 77.0 Å². The van der Waals surface area contributed by atoms with Gasteiger partial charge in [-0.05, 0) is 236 Å². The largest absolute Gasteiger partial charge is 0.493 e. The number of nitrogens with one attached hydrogen (secondary N) is 7. The molecule has 0 unspecified atom stereocenters. The van der Waals surface area contributed by atoms with Crippen molar-refractivity contribution in [1.82, 2.24) is 39.9 Å². The highest BCUT2D eigenvalue weighted by atomic mass is 32.2. The topological polar surface area (TPSA) is 326 Å². The number of aromatic nitrogens is 8. The third-order valence-electron chi connectivity index (χ3n) is 21.0. The van der Waals surface area contributed by atoms with Crippen LogP contribution >= 0.6 is 40.3 Å². The number of nitrogens with zero attached hydrogens (tertiary/aromatic N) is 9. The van der Waals surface area contributed by atoms with Gasteiger partial charge in [-0.3, -0.25) is 10.1 Å². The number of methoxy groups -OCH3 is 3. The number of ether oxygens (including phenoxy) is 3. The van der Waals surface area contributed by atoms with E-state index in [2.05, 4.69) is 77.1 Å². The average molecular weight is 1930 g/mol. The third-order valence-corrected chi connectivity index (χ3v) is 28.2. The van der Waals surface area contributed by atoms with Crippen LogP contribution < -0.4 is 72.6 Å². The normalized spacial score (nSPS) is 16.2. The maximum Gasteiger partial charge on any atom is 0.421 e. The Hall–Kier alpha value is -11.5. The summed E-state index contributed by atoms with van der Waals surface area (Å²) in [5.74, 6) is 1.52. The highest BCUT2D eigenvalue weighted by molar-refractivity contribution is 7.98. The molecular formula is C86H89F15N16O9P4S. The van der Waals surface area contributed by atoms with Gasteiger partial charge in [0.25, 0.3) is 5.69 Å². The first kappa shape index (κ1) is 100. The molecule has 0 amide bonds. The van der Waals surface area contributed by atoms with Crippen LogP contribution in [0.15, 0.2) is 188 Å². The van der Waals surface area contributed by atoms with Gasteiger partial charge < -0.3 is 69.7 Å². The lowest BCUT2D eigenvalue weighted by Crippen LogP contribution is -2.49. The summed E-state index contributed by atoms with van der Waals surface area (Å²) in [6.07, 6.45) is -13.2. The molecule has 4 saturated carbocycles. The quantitative estimate of drug-likeness (QED) is 0.00661. The Morgan fingerprint density at radius 2 is 0.725 bits per heavy atom. The van der Waals surface area contributed by atoms with Crippen LogP contribution in [0.3, 0.4) is 0 Å². The van der Waals surface area contributed by atoms with Crippen molar-refractivity contribution in [3.05, 3.63) is 226 Å². The molecule has 0 radical (unpaired) electrons. The smallest absolute Gasteiger partial charge is 0.421 e. The third kappa shape index (κ3) is 27.3. The highest BCUT2D eigenvalue weighted by Gasteiger charge is 2.51. The van der Waals surface area contributed by atoms with Crippen LogP contribution in [0.5, 0.6) is 17.2 Å². The Labute approximate surface area is 747 Å². The molecule has 15 rings (SSSR count). The molecule has 698 valence electrons. The van der Waals surface area contributed by atoms with E-state index in [1.807, 2.05) is 0 Å². The number of benzene rings is 7. The fourth-order valence-electron chi connectivity index (χ4n) is 15.0. The Bertz CT molecular complexity index is 6030. The molecule has 0 atom stereocenters. The Kier molecular flexibility index (Phi) is 30.8. The van der Waals surface area contributed by atoms with Gasteiger partial charge in [0.1, 0.15) is 73.3 Å². The first-order chi connectivity index (χ1) is 61.1. The van der Waals surface area contributed by atoms with E-state index in [0.29, 0.717) is 81.3 Å². The first-order valence-electron chi connectivity index (χ1n) is 39.7. The average Bonchev–Trinajstić information content (AvgIpc) is 0.748. The molecule has 11 aromatic rings. The monoisotopic (exact) mass is 1930 g/mol. The molecule has 131 heavy (non-hydrogen) atoms. The number of halogens is 15. The van der Waals surface area contributed by atoms with Gasteiger partial charge in [-0.2, -0.15) is 80.8 Å². The lowest BCUT2D eigenvalue weighted by atomic mass is 9.49. The van der Waals surface area contributed by atoms with Crippen molar-refractivity contribution in [2.45, 2.75) is 80.2 Å². The van der Waals surface area contributed by atoms with Crippen LogP contribution in [0.25, 0.3) is 0 Å². The number of thioether (sulfide) groups is 1. The number of nitro benzene ring substituents is 1. The number of anilines is 13. The summed E-state index contributed by atoms with van der Waals surface area (Å²) in [7, 11) is -5.50. The van der Waals surface area contributed by atoms with Crippen molar-refractivity contribution in [3.63, 3.8) is 0 Å². The molecule has 4 bridgehead atoms. The van der Waals surface area contributed by atoms with E-state index in [9.17, 15) is 94.2 Å². The summed E-state index contributed by atoms with van der Waals surface area (Å²) in [5, 5.41) is 32.7. The van der Waals surface area contributed by atoms with E-state index in [0.717, 1.165) is 72.8 Å². The Morgan fingerprint density at radius 3 is 1.05 bits per heavy atom. The first-order valence-corrected chi connectivity index (χ1v) is 51.1. The van der Waals surface area contributed by atoms with Crippen molar-refractivity contribution in [3.8, 4) is 17.2 Å². The van der Waals surface area contributed by atoms with E-state index >= 15 is 0 Å². The summed E-state index contributed by atoms with van der Waals surface area (Å²) in [4.78, 5) is 41.4. The minimum absolute atomic E-state index is 0.0631. The second kappa shape index (κ2) is 40.3. The molecule has 0 aliphatic heterocycles. The predicted molar refractivity (Wildman–Crippen MR) is 479 cm³/mol. The number of hydrogen-bond acceptors (Lipinski definition) is 25. The van der Waals surface area contributed by atoms with Gasteiger partial charge in [0.2, 0.25) is 29.5 Å². The zero-order chi connectivity index (χ0) is 95.8. The van der Waals surface area contributed by atoms with Gasteiger partial charge in [-0.15, -0.1) is 11.8 Å². The van der Waals surface area contributed by atoms with Gasteiger partial charge in [-0.25, -0.2) is 24.9 Å². The lowest BCUT2D eigenvalue weighted by molar-refractivity contribution is -0.384. The molecule has 4 heterocycles. The van der Waals surface area contributed by atoms with Crippen molar-refractivity contribution in [1.29, 1.82) is 0 Å². The van der Waals surface area contributed by atoms with Crippen molar-refractivity contribution in [2.75, 3.05) is 118 Å². The van der Waals surface area contributed by atoms with Crippen molar-refractivity contribution < 1.29 is 103 Å². The Morgan fingerprint density at radius 1 is 0.405 bits per heavy atom. The summed E-state index contributed by atoms with van der Waals surface area (Å²) in [5.41, 5.74) is -2.33. The van der Waals surface area contributed by atoms with Crippen LogP contribution in [0.2, 0.25) is 0 Å². The van der Waals surface area contributed by atoms with Crippen molar-refractivity contribution >= 4 is 143 Å². The molecule has 4 aromatic heterocycles. The van der Waals surface area contributed by atoms with E-state index in [4.69, 9.17) is 14.2 Å². The SMILES string of the molecule is COc1cc(Nc2nc(Nc3ccc(P(C)(C)=O)cc3)ncc2C(F)(F)F)cc(OC)c1OC.CP(C)(=O)c1ccc(Nc2ncc(C(F)(F)F)c(NCC34CC5CC(CC(C5)C3)C4)n2)cc1.CP(C)(=O)c1ccc(Nc2ncc(C(F)(F)F)c(Nc3ccc([N+](=O)[O-])cc3)n2)cc1.CP(C)(=O)c1ccc(Nc2ncc(C(F)(F)F)c(SCc3cccc(C(F)(F)F)c3)n2)cc1. The fourth-order valence-corrected chi connectivity index (χ4v) is 19.4. The summed E-state index contributed by atoms with van der Waals surface area (Å²) >= 11 is 0.662. The highest BCUT2D eigenvalue weighted by Crippen LogP contribution is 2.60. The van der Waals surface area contributed by atoms with E-state index < -0.39 is 109 Å². The maximum atomic E-state index is 13.7. The minimum atomic E-state index is -4.74. The second-order valence-electron chi connectivity index (χ2n) is 32.6. The molecular weight excluding hydrogens is 1840 g/mol. The Balaban J connectivity index is 0.000000169. The van der Waals surface area contributed by atoms with Gasteiger partial charge in [-0.1, -0.05) is 18.2 Å². The zero-order valence-corrected chi connectivity index (χ0v) is 76.2. The van der Waals surface area contributed by atoms with Gasteiger partial charge in [0.15, 0.2) is 11.5 Å². The van der Waals surface area contributed by atoms with Crippen LogP contribution in [0, 0.1) is 33.3 Å². The standard InChI is InChI=1S/C24H30F3N4OP.C22H24F3N4O4P.C21H18F6N3OPS.C19H17F3N5O3P/c1-33(2,32)19-5-3-18(4-6-19)30-22-28-13-20(24(25,26)27)21(31-22)29-14-23-10-15-7-16(11-23)9-17(8-15)12-23;1-31-17-10-14(11-18(32-2)19(17)33-3)27-20-16(22(23,24)25)12-26-21(29-20)28-13-6-8-15(9-7-13)34(4,5)30;1-32(2,31)16-8-6-15(7-9-16)29-19-28-11-17(21(25,26)27)18(30-19)33-12-13-4-3-5-14(10-13)20(22,23)24;1-31(2,30)15-9-5-13(6-10-15)25-18-23-11-16(19(20,21)22)17(26-18)24-12-3-7-14(8-4-12)27(28)29/h3-6,13,15-17H,7-12,14H2,1-2H3,(H2,28,29,30,31);6-12H,1-5H3,(H2,26,27,28,29);3-11H,12H2,1-2H3,(H,28,29,30);3-11H,1-2H3,(H2,23,24,25,26). The number of alkyl halides is 15. The van der Waals surface area contributed by atoms with E-state index in [1.54, 1.807) is 150 Å². The number of rotatable bonds is 26. The number of nitro groups is 1. The summed E-state index contributed by atoms with van der Waals surface area (Å²) in [6.45, 7) is 13.7. The molecule has 25 nitrogen and oxygen atoms in total. The summed E-state index contributed by atoms with van der Waals surface area (Å²) in [6, 6.07) is 38.9. The zero-order valence-electron chi connectivity index (χ0n) is 71.8. The van der Waals surface area contributed by atoms with E-state index in [-0.39, 0.29) is 74.9 Å². The lowest BCUT2D eigenvalue weighted by Gasteiger charge is -2.57. The van der Waals surface area contributed by atoms with Crippen molar-refractivity contribution in [2.24, 2.45) is 23.2 Å². The molecule has 7 aromatic carbocycles. The second-order valence-corrected chi connectivity index (χ2v) is 46.4. The molecule has 0 spiro atoms. The molecule has 4 aliphatic carbocycles. The molecule has 7 N–H and O–H groups in total. The number of hydrogen-bond donors (Lipinski definition) is 7. The maximum absolute atomic E-state index is 13.7. The van der Waals surface area contributed by atoms with Crippen LogP contribution in [-0.4, -0.2) is 126 Å². The van der Waals surface area contributed by atoms with Gasteiger partial charge in [0, 0.05) is 117 Å². The van der Waals surface area contributed by atoms with Gasteiger partial charge >= 0.3 is 30.9 Å². The predicted octanol–water partition coefficient (Wildman–Crippen LogP) is 23.3. The molecule has 45 heteroatoms. The fraction of sp³-hybridized carbons (Fsp3) is 0.326. The van der Waals surface area contributed by atoms with Gasteiger partial charge in [0.05, 0.1) is 31.8 Å². The van der Waals surface area contributed by atoms with Crippen LogP contribution in [0.4, 0.5) is 147 Å². The minimum Gasteiger partial charge on any atom is -0.493 e.